The molecule has 1 unspecified atom stereocenters. The molecular formula is C17H20ClN. The predicted molar refractivity (Wildman–Crippen MR) is 83.0 cm³/mol. The molecule has 0 saturated heterocycles. The van der Waals surface area contributed by atoms with Crippen molar-refractivity contribution in [3.05, 3.63) is 69.2 Å². The molecule has 2 aromatic rings. The van der Waals surface area contributed by atoms with Gasteiger partial charge in [-0.2, -0.15) is 0 Å². The summed E-state index contributed by atoms with van der Waals surface area (Å²) in [6.07, 6.45) is 0. The highest BCUT2D eigenvalue weighted by Gasteiger charge is 2.15. The average Bonchev–Trinajstić information content (AvgIpc) is 2.36. The molecule has 1 nitrogen and oxygen atoms in total. The Balaban J connectivity index is 2.51. The monoisotopic (exact) mass is 273 g/mol. The topological polar surface area (TPSA) is 12.0 Å². The first-order valence-corrected chi connectivity index (χ1v) is 6.91. The Bertz CT molecular complexity index is 590. The fourth-order valence-corrected chi connectivity index (χ4v) is 2.68. The minimum Gasteiger partial charge on any atom is -0.309 e. The SMILES string of the molecule is CNC(c1cccc(C)c1)c1cc(C)c(Cl)cc1C. The van der Waals surface area contributed by atoms with Gasteiger partial charge in [0, 0.05) is 5.02 Å². The maximum Gasteiger partial charge on any atom is 0.0577 e. The fourth-order valence-electron chi connectivity index (χ4n) is 2.47. The van der Waals surface area contributed by atoms with E-state index in [0.717, 1.165) is 10.6 Å². The second kappa shape index (κ2) is 5.77. The minimum absolute atomic E-state index is 0.205. The van der Waals surface area contributed by atoms with Crippen LogP contribution in [-0.4, -0.2) is 7.05 Å². The number of rotatable bonds is 3. The molecule has 0 aliphatic carbocycles. The van der Waals surface area contributed by atoms with Gasteiger partial charge in [0.2, 0.25) is 0 Å². The van der Waals surface area contributed by atoms with Crippen LogP contribution in [0.4, 0.5) is 0 Å². The zero-order chi connectivity index (χ0) is 14.0. The molecule has 2 aromatic carbocycles. The van der Waals surface area contributed by atoms with Crippen LogP contribution < -0.4 is 5.32 Å². The van der Waals surface area contributed by atoms with Gasteiger partial charge in [-0.1, -0.05) is 47.5 Å². The largest absolute Gasteiger partial charge is 0.309 e. The summed E-state index contributed by atoms with van der Waals surface area (Å²) in [5.41, 5.74) is 6.19. The van der Waals surface area contributed by atoms with Gasteiger partial charge in [0.15, 0.2) is 0 Å². The van der Waals surface area contributed by atoms with Crippen molar-refractivity contribution in [2.24, 2.45) is 0 Å². The van der Waals surface area contributed by atoms with Crippen molar-refractivity contribution in [2.75, 3.05) is 7.05 Å². The van der Waals surface area contributed by atoms with Gasteiger partial charge in [0.05, 0.1) is 6.04 Å². The lowest BCUT2D eigenvalue weighted by Gasteiger charge is -2.21. The van der Waals surface area contributed by atoms with Crippen LogP contribution in [-0.2, 0) is 0 Å². The van der Waals surface area contributed by atoms with Crippen molar-refractivity contribution in [3.63, 3.8) is 0 Å². The normalized spacial score (nSPS) is 12.5. The maximum absolute atomic E-state index is 6.18. The Labute approximate surface area is 120 Å². The van der Waals surface area contributed by atoms with Crippen molar-refractivity contribution in [2.45, 2.75) is 26.8 Å². The molecule has 1 N–H and O–H groups in total. The molecule has 1 atom stereocenters. The lowest BCUT2D eigenvalue weighted by molar-refractivity contribution is 0.686. The number of hydrogen-bond donors (Lipinski definition) is 1. The van der Waals surface area contributed by atoms with Gasteiger partial charge in [-0.15, -0.1) is 0 Å². The third-order valence-corrected chi connectivity index (χ3v) is 3.93. The molecular weight excluding hydrogens is 254 g/mol. The molecule has 100 valence electrons. The zero-order valence-corrected chi connectivity index (χ0v) is 12.7. The Morgan fingerprint density at radius 3 is 2.37 bits per heavy atom. The van der Waals surface area contributed by atoms with Crippen LogP contribution in [0.5, 0.6) is 0 Å². The molecule has 0 fully saturated rings. The Kier molecular flexibility index (Phi) is 4.28. The summed E-state index contributed by atoms with van der Waals surface area (Å²) in [5.74, 6) is 0. The third-order valence-electron chi connectivity index (χ3n) is 3.52. The number of halogens is 1. The minimum atomic E-state index is 0.205. The summed E-state index contributed by atoms with van der Waals surface area (Å²) < 4.78 is 0. The molecule has 0 spiro atoms. The number of benzene rings is 2. The van der Waals surface area contributed by atoms with Crippen LogP contribution in [0.15, 0.2) is 36.4 Å². The Morgan fingerprint density at radius 2 is 1.74 bits per heavy atom. The van der Waals surface area contributed by atoms with Crippen molar-refractivity contribution in [1.82, 2.24) is 5.32 Å². The summed E-state index contributed by atoms with van der Waals surface area (Å²) in [4.78, 5) is 0. The van der Waals surface area contributed by atoms with Crippen LogP contribution >= 0.6 is 11.6 Å². The molecule has 2 rings (SSSR count). The quantitative estimate of drug-likeness (QED) is 0.863. The molecule has 0 saturated carbocycles. The van der Waals surface area contributed by atoms with E-state index in [2.05, 4.69) is 49.5 Å². The van der Waals surface area contributed by atoms with Crippen molar-refractivity contribution >= 4 is 11.6 Å². The number of nitrogens with one attached hydrogen (secondary N) is 1. The first-order valence-electron chi connectivity index (χ1n) is 6.53. The Hall–Kier alpha value is -1.31. The molecule has 0 heterocycles. The summed E-state index contributed by atoms with van der Waals surface area (Å²) in [6, 6.07) is 13.1. The van der Waals surface area contributed by atoms with Gasteiger partial charge in [0.25, 0.3) is 0 Å². The van der Waals surface area contributed by atoms with Gasteiger partial charge in [-0.05, 0) is 56.1 Å². The first-order chi connectivity index (χ1) is 9.02. The molecule has 0 aliphatic heterocycles. The second-order valence-electron chi connectivity index (χ2n) is 5.09. The van der Waals surface area contributed by atoms with Crippen molar-refractivity contribution < 1.29 is 0 Å². The van der Waals surface area contributed by atoms with Crippen LogP contribution in [0.25, 0.3) is 0 Å². The molecule has 2 heteroatoms. The standard InChI is InChI=1S/C17H20ClN/c1-11-6-5-7-14(8-11)17(19-4)15-9-13(3)16(18)10-12(15)2/h5-10,17,19H,1-4H3. The van der Waals surface area contributed by atoms with E-state index in [1.165, 1.54) is 22.3 Å². The predicted octanol–water partition coefficient (Wildman–Crippen LogP) is 4.57. The first kappa shape index (κ1) is 14.1. The fraction of sp³-hybridized carbons (Fsp3) is 0.294. The molecule has 0 aliphatic rings. The number of hydrogen-bond acceptors (Lipinski definition) is 1. The van der Waals surface area contributed by atoms with E-state index >= 15 is 0 Å². The zero-order valence-electron chi connectivity index (χ0n) is 11.9. The van der Waals surface area contributed by atoms with E-state index in [-0.39, 0.29) is 6.04 Å². The summed E-state index contributed by atoms with van der Waals surface area (Å²) in [7, 11) is 2.00. The smallest absolute Gasteiger partial charge is 0.0577 e. The van der Waals surface area contributed by atoms with Crippen LogP contribution in [0.3, 0.4) is 0 Å². The highest BCUT2D eigenvalue weighted by atomic mass is 35.5. The average molecular weight is 274 g/mol. The Morgan fingerprint density at radius 1 is 1.00 bits per heavy atom. The summed E-state index contributed by atoms with van der Waals surface area (Å²) in [6.45, 7) is 6.28. The van der Waals surface area contributed by atoms with E-state index in [1.54, 1.807) is 0 Å². The van der Waals surface area contributed by atoms with Gasteiger partial charge < -0.3 is 5.32 Å². The van der Waals surface area contributed by atoms with Crippen molar-refractivity contribution in [3.8, 4) is 0 Å². The van der Waals surface area contributed by atoms with E-state index in [0.29, 0.717) is 0 Å². The van der Waals surface area contributed by atoms with Gasteiger partial charge >= 0.3 is 0 Å². The van der Waals surface area contributed by atoms with E-state index in [9.17, 15) is 0 Å². The third kappa shape index (κ3) is 2.99. The second-order valence-corrected chi connectivity index (χ2v) is 5.50. The highest BCUT2D eigenvalue weighted by Crippen LogP contribution is 2.29. The van der Waals surface area contributed by atoms with E-state index < -0.39 is 0 Å². The number of aryl methyl sites for hydroxylation is 3. The summed E-state index contributed by atoms with van der Waals surface area (Å²) >= 11 is 6.18. The van der Waals surface area contributed by atoms with Gasteiger partial charge in [-0.3, -0.25) is 0 Å². The van der Waals surface area contributed by atoms with Crippen LogP contribution in [0.1, 0.15) is 33.9 Å². The molecule has 0 radical (unpaired) electrons. The lowest BCUT2D eigenvalue weighted by Crippen LogP contribution is -2.19. The van der Waals surface area contributed by atoms with E-state index in [4.69, 9.17) is 11.6 Å². The van der Waals surface area contributed by atoms with Gasteiger partial charge in [0.1, 0.15) is 0 Å². The lowest BCUT2D eigenvalue weighted by atomic mass is 9.93. The molecule has 0 aromatic heterocycles. The van der Waals surface area contributed by atoms with Crippen molar-refractivity contribution in [1.29, 1.82) is 0 Å². The highest BCUT2D eigenvalue weighted by molar-refractivity contribution is 6.31. The maximum atomic E-state index is 6.18. The van der Waals surface area contributed by atoms with Gasteiger partial charge in [-0.25, -0.2) is 0 Å². The van der Waals surface area contributed by atoms with Crippen LogP contribution in [0.2, 0.25) is 5.02 Å². The van der Waals surface area contributed by atoms with E-state index in [1.807, 2.05) is 20.0 Å². The summed E-state index contributed by atoms with van der Waals surface area (Å²) in [5, 5.41) is 4.24. The molecule has 0 amide bonds. The molecule has 19 heavy (non-hydrogen) atoms. The molecule has 0 bridgehead atoms. The van der Waals surface area contributed by atoms with Crippen LogP contribution in [0, 0.1) is 20.8 Å².